The van der Waals surface area contributed by atoms with Crippen LogP contribution in [0.4, 0.5) is 0 Å². The van der Waals surface area contributed by atoms with E-state index >= 15 is 0 Å². The first kappa shape index (κ1) is 10.1. The zero-order chi connectivity index (χ0) is 9.90. The monoisotopic (exact) mass is 239 g/mol. The summed E-state index contributed by atoms with van der Waals surface area (Å²) in [4.78, 5) is 4.11. The predicted octanol–water partition coefficient (Wildman–Crippen LogP) is 2.63. The summed E-state index contributed by atoms with van der Waals surface area (Å²) in [6.45, 7) is 3.63. The molecule has 0 N–H and O–H groups in total. The third-order valence-electron chi connectivity index (χ3n) is 1.40. The molecule has 0 unspecified atom stereocenters. The Morgan fingerprint density at radius 1 is 1.54 bits per heavy atom. The fourth-order valence-corrected chi connectivity index (χ4v) is 1.06. The van der Waals surface area contributed by atoms with E-state index in [4.69, 9.17) is 11.2 Å². The van der Waals surface area contributed by atoms with Gasteiger partial charge in [-0.05, 0) is 35.8 Å². The van der Waals surface area contributed by atoms with Gasteiger partial charge in [0, 0.05) is 6.07 Å². The highest BCUT2D eigenvalue weighted by Crippen LogP contribution is 2.17. The zero-order valence-electron chi connectivity index (χ0n) is 7.54. The summed E-state index contributed by atoms with van der Waals surface area (Å²) in [7, 11) is 0. The van der Waals surface area contributed by atoms with Gasteiger partial charge in [-0.25, -0.2) is 4.98 Å². The fraction of sp³-hybridized carbons (Fsp3) is 0.300. The lowest BCUT2D eigenvalue weighted by Crippen LogP contribution is -2.25. The van der Waals surface area contributed by atoms with Crippen LogP contribution in [-0.4, -0.2) is 10.6 Å². The molecule has 0 saturated carbocycles. The molecule has 0 amide bonds. The minimum atomic E-state index is -0.617. The Kier molecular flexibility index (Phi) is 2.94. The first-order valence-electron chi connectivity index (χ1n) is 3.83. The summed E-state index contributed by atoms with van der Waals surface area (Å²) in [5.41, 5.74) is -0.617. The fourth-order valence-electron chi connectivity index (χ4n) is 0.737. The van der Waals surface area contributed by atoms with E-state index in [0.29, 0.717) is 5.88 Å². The van der Waals surface area contributed by atoms with Crippen LogP contribution in [0.5, 0.6) is 5.88 Å². The Balaban J connectivity index is 2.82. The smallest absolute Gasteiger partial charge is 0.215 e. The Morgan fingerprint density at radius 2 is 2.23 bits per heavy atom. The van der Waals surface area contributed by atoms with Gasteiger partial charge < -0.3 is 4.74 Å². The first-order chi connectivity index (χ1) is 6.03. The van der Waals surface area contributed by atoms with Crippen molar-refractivity contribution in [2.75, 3.05) is 0 Å². The van der Waals surface area contributed by atoms with E-state index in [9.17, 15) is 0 Å². The maximum absolute atomic E-state index is 5.45. The highest BCUT2D eigenvalue weighted by Gasteiger charge is 2.15. The number of pyridine rings is 1. The van der Waals surface area contributed by atoms with E-state index in [1.165, 1.54) is 0 Å². The second-order valence-electron chi connectivity index (χ2n) is 3.06. The van der Waals surface area contributed by atoms with Gasteiger partial charge in [-0.1, -0.05) is 12.0 Å². The van der Waals surface area contributed by atoms with Crippen LogP contribution in [0.25, 0.3) is 0 Å². The molecule has 1 rings (SSSR count). The summed E-state index contributed by atoms with van der Waals surface area (Å²) in [6, 6.07) is 5.44. The van der Waals surface area contributed by atoms with Crippen LogP contribution in [0.2, 0.25) is 0 Å². The second kappa shape index (κ2) is 3.80. The number of halogens is 1. The normalized spacial score (nSPS) is 10.6. The SMILES string of the molecule is C#CC(C)(C)Oc1cccc(Br)n1. The molecule has 0 fully saturated rings. The minimum Gasteiger partial charge on any atom is -0.458 e. The molecule has 0 atom stereocenters. The Bertz CT molecular complexity index is 341. The van der Waals surface area contributed by atoms with Gasteiger partial charge in [0.1, 0.15) is 4.60 Å². The van der Waals surface area contributed by atoms with Crippen LogP contribution in [0, 0.1) is 12.3 Å². The number of ether oxygens (including phenoxy) is 1. The highest BCUT2D eigenvalue weighted by molar-refractivity contribution is 9.10. The molecule has 0 aliphatic carbocycles. The van der Waals surface area contributed by atoms with Gasteiger partial charge in [-0.15, -0.1) is 6.42 Å². The largest absolute Gasteiger partial charge is 0.458 e. The summed E-state index contributed by atoms with van der Waals surface area (Å²) >= 11 is 3.25. The quantitative estimate of drug-likeness (QED) is 0.585. The van der Waals surface area contributed by atoms with E-state index in [1.54, 1.807) is 6.07 Å². The molecule has 0 aliphatic rings. The minimum absolute atomic E-state index is 0.525. The average molecular weight is 240 g/mol. The van der Waals surface area contributed by atoms with Crippen LogP contribution in [0.1, 0.15) is 13.8 Å². The van der Waals surface area contributed by atoms with Gasteiger partial charge in [0.25, 0.3) is 0 Å². The van der Waals surface area contributed by atoms with Crippen LogP contribution >= 0.6 is 15.9 Å². The lowest BCUT2D eigenvalue weighted by atomic mass is 10.1. The predicted molar refractivity (Wildman–Crippen MR) is 55.5 cm³/mol. The molecule has 3 heteroatoms. The third kappa shape index (κ3) is 3.08. The molecular formula is C10H10BrNO. The second-order valence-corrected chi connectivity index (χ2v) is 3.87. The van der Waals surface area contributed by atoms with Gasteiger partial charge in [-0.3, -0.25) is 0 Å². The van der Waals surface area contributed by atoms with Crippen molar-refractivity contribution in [3.63, 3.8) is 0 Å². The van der Waals surface area contributed by atoms with Crippen molar-refractivity contribution in [3.8, 4) is 18.2 Å². The standard InChI is InChI=1S/C10H10BrNO/c1-4-10(2,3)13-9-7-5-6-8(11)12-9/h1,5-7H,2-3H3. The Labute approximate surface area is 86.5 Å². The van der Waals surface area contributed by atoms with Gasteiger partial charge in [0.2, 0.25) is 5.88 Å². The molecule has 0 aliphatic heterocycles. The lowest BCUT2D eigenvalue weighted by Gasteiger charge is -2.18. The maximum Gasteiger partial charge on any atom is 0.215 e. The van der Waals surface area contributed by atoms with Crippen molar-refractivity contribution in [1.82, 2.24) is 4.98 Å². The van der Waals surface area contributed by atoms with E-state index in [-0.39, 0.29) is 0 Å². The third-order valence-corrected chi connectivity index (χ3v) is 1.84. The molecule has 1 aromatic heterocycles. The molecule has 1 aromatic rings. The maximum atomic E-state index is 5.45. The van der Waals surface area contributed by atoms with Gasteiger partial charge in [0.05, 0.1) is 0 Å². The average Bonchev–Trinajstić information content (AvgIpc) is 2.03. The van der Waals surface area contributed by atoms with Gasteiger partial charge in [0.15, 0.2) is 5.60 Å². The molecule has 0 aromatic carbocycles. The molecule has 68 valence electrons. The van der Waals surface area contributed by atoms with Crippen molar-refractivity contribution in [3.05, 3.63) is 22.8 Å². The van der Waals surface area contributed by atoms with Gasteiger partial charge >= 0.3 is 0 Å². The number of rotatable bonds is 2. The molecule has 2 nitrogen and oxygen atoms in total. The van der Waals surface area contributed by atoms with Crippen molar-refractivity contribution >= 4 is 15.9 Å². The Hall–Kier alpha value is -1.01. The van der Waals surface area contributed by atoms with Crippen LogP contribution in [0.3, 0.4) is 0 Å². The summed E-state index contributed by atoms with van der Waals surface area (Å²) in [6.07, 6.45) is 5.28. The first-order valence-corrected chi connectivity index (χ1v) is 4.62. The number of hydrogen-bond acceptors (Lipinski definition) is 2. The van der Waals surface area contributed by atoms with E-state index < -0.39 is 5.60 Å². The summed E-state index contributed by atoms with van der Waals surface area (Å²) in [5.74, 6) is 3.06. The van der Waals surface area contributed by atoms with Crippen molar-refractivity contribution < 1.29 is 4.74 Å². The number of hydrogen-bond donors (Lipinski definition) is 0. The van der Waals surface area contributed by atoms with Gasteiger partial charge in [-0.2, -0.15) is 0 Å². The molecule has 1 heterocycles. The molecule has 0 radical (unpaired) electrons. The van der Waals surface area contributed by atoms with Crippen LogP contribution < -0.4 is 4.74 Å². The summed E-state index contributed by atoms with van der Waals surface area (Å²) in [5, 5.41) is 0. The van der Waals surface area contributed by atoms with Crippen molar-refractivity contribution in [2.45, 2.75) is 19.4 Å². The van der Waals surface area contributed by atoms with E-state index in [0.717, 1.165) is 4.60 Å². The molecular weight excluding hydrogens is 230 g/mol. The number of nitrogens with zero attached hydrogens (tertiary/aromatic N) is 1. The molecule has 0 spiro atoms. The molecule has 13 heavy (non-hydrogen) atoms. The van der Waals surface area contributed by atoms with Crippen LogP contribution in [-0.2, 0) is 0 Å². The van der Waals surface area contributed by atoms with Crippen molar-refractivity contribution in [2.24, 2.45) is 0 Å². The van der Waals surface area contributed by atoms with E-state index in [1.807, 2.05) is 26.0 Å². The lowest BCUT2D eigenvalue weighted by molar-refractivity contribution is 0.164. The molecule has 0 saturated heterocycles. The van der Waals surface area contributed by atoms with Crippen LogP contribution in [0.15, 0.2) is 22.8 Å². The summed E-state index contributed by atoms with van der Waals surface area (Å²) < 4.78 is 6.19. The molecule has 0 bridgehead atoms. The highest BCUT2D eigenvalue weighted by atomic mass is 79.9. The number of aromatic nitrogens is 1. The van der Waals surface area contributed by atoms with Crippen molar-refractivity contribution in [1.29, 1.82) is 0 Å². The zero-order valence-corrected chi connectivity index (χ0v) is 9.13. The number of terminal acetylenes is 1. The topological polar surface area (TPSA) is 22.1 Å². The van der Waals surface area contributed by atoms with E-state index in [2.05, 4.69) is 26.8 Å². The Morgan fingerprint density at radius 3 is 2.77 bits per heavy atom.